The van der Waals surface area contributed by atoms with Crippen LogP contribution in [0.2, 0.25) is 0 Å². The van der Waals surface area contributed by atoms with Gasteiger partial charge in [-0.3, -0.25) is 4.79 Å². The van der Waals surface area contributed by atoms with Gasteiger partial charge in [-0.15, -0.1) is 0 Å². The molecule has 1 N–H and O–H groups in total. The predicted octanol–water partition coefficient (Wildman–Crippen LogP) is 4.58. The summed E-state index contributed by atoms with van der Waals surface area (Å²) in [4.78, 5) is 14.9. The van der Waals surface area contributed by atoms with Gasteiger partial charge in [0.25, 0.3) is 5.91 Å². The van der Waals surface area contributed by atoms with Crippen molar-refractivity contribution in [2.75, 3.05) is 18.0 Å². The second-order valence-corrected chi connectivity index (χ2v) is 7.15. The Morgan fingerprint density at radius 3 is 2.73 bits per heavy atom. The maximum Gasteiger partial charge on any atom is 0.252 e. The van der Waals surface area contributed by atoms with Crippen molar-refractivity contribution in [2.45, 2.75) is 12.5 Å². The number of nitrogens with zero attached hydrogens (tertiary/aromatic N) is 1. The first-order chi connectivity index (χ1) is 12.7. The lowest BCUT2D eigenvalue weighted by Gasteiger charge is -2.29. The van der Waals surface area contributed by atoms with Crippen molar-refractivity contribution in [1.29, 1.82) is 0 Å². The number of anilines is 1. The Labute approximate surface area is 160 Å². The summed E-state index contributed by atoms with van der Waals surface area (Å²) in [6.45, 7) is 1.39. The number of halogens is 1. The van der Waals surface area contributed by atoms with Gasteiger partial charge in [0.05, 0.1) is 11.8 Å². The van der Waals surface area contributed by atoms with Gasteiger partial charge in [-0.05, 0) is 58.2 Å². The number of para-hydroxylation sites is 1. The summed E-state index contributed by atoms with van der Waals surface area (Å²) in [5.41, 5.74) is 3.18. The average Bonchev–Trinajstić information content (AvgIpc) is 3.33. The number of nitrogens with one attached hydrogen (secondary N) is 1. The van der Waals surface area contributed by atoms with Gasteiger partial charge in [-0.1, -0.05) is 30.3 Å². The molecule has 132 valence electrons. The number of carbonyl (C=O) groups excluding carboxylic acids is 1. The smallest absolute Gasteiger partial charge is 0.252 e. The molecule has 1 amide bonds. The Kier molecular flexibility index (Phi) is 4.80. The Morgan fingerprint density at radius 2 is 1.92 bits per heavy atom. The van der Waals surface area contributed by atoms with E-state index in [-0.39, 0.29) is 11.9 Å². The minimum Gasteiger partial charge on any atom is -0.467 e. The second kappa shape index (κ2) is 7.38. The molecule has 2 aromatic carbocycles. The number of amides is 1. The van der Waals surface area contributed by atoms with Crippen LogP contribution in [0.4, 0.5) is 5.69 Å². The van der Waals surface area contributed by atoms with Gasteiger partial charge in [-0.25, -0.2) is 0 Å². The molecule has 5 heteroatoms. The van der Waals surface area contributed by atoms with Crippen LogP contribution in [0.1, 0.15) is 27.7 Å². The molecule has 0 bridgehead atoms. The normalized spacial score (nSPS) is 14.1. The summed E-state index contributed by atoms with van der Waals surface area (Å²) >= 11 is 3.44. The van der Waals surface area contributed by atoms with E-state index in [4.69, 9.17) is 4.42 Å². The van der Waals surface area contributed by atoms with Gasteiger partial charge in [0, 0.05) is 23.2 Å². The predicted molar refractivity (Wildman–Crippen MR) is 105 cm³/mol. The van der Waals surface area contributed by atoms with Gasteiger partial charge in [-0.2, -0.15) is 0 Å². The number of furan rings is 1. The van der Waals surface area contributed by atoms with E-state index in [0.29, 0.717) is 12.1 Å². The third-order valence-electron chi connectivity index (χ3n) is 4.75. The van der Waals surface area contributed by atoms with Crippen molar-refractivity contribution < 1.29 is 9.21 Å². The zero-order chi connectivity index (χ0) is 17.9. The Bertz CT molecular complexity index is 908. The van der Waals surface area contributed by atoms with Crippen LogP contribution in [0.3, 0.4) is 0 Å². The quantitative estimate of drug-likeness (QED) is 0.669. The fraction of sp³-hybridized carbons (Fsp3) is 0.190. The monoisotopic (exact) mass is 410 g/mol. The molecule has 0 fully saturated rings. The van der Waals surface area contributed by atoms with E-state index in [1.54, 1.807) is 6.26 Å². The fourth-order valence-electron chi connectivity index (χ4n) is 3.46. The zero-order valence-electron chi connectivity index (χ0n) is 14.2. The molecule has 0 saturated heterocycles. The van der Waals surface area contributed by atoms with Crippen molar-refractivity contribution in [3.63, 3.8) is 0 Å². The van der Waals surface area contributed by atoms with Crippen molar-refractivity contribution in [1.82, 2.24) is 5.32 Å². The van der Waals surface area contributed by atoms with Crippen molar-refractivity contribution in [3.05, 3.63) is 88.3 Å². The van der Waals surface area contributed by atoms with E-state index in [1.165, 1.54) is 11.3 Å². The van der Waals surface area contributed by atoms with Crippen LogP contribution in [-0.4, -0.2) is 19.0 Å². The maximum atomic E-state index is 12.6. The van der Waals surface area contributed by atoms with Gasteiger partial charge in [0.2, 0.25) is 0 Å². The van der Waals surface area contributed by atoms with Gasteiger partial charge in [0.1, 0.15) is 11.8 Å². The van der Waals surface area contributed by atoms with E-state index in [2.05, 4.69) is 50.4 Å². The number of hydrogen-bond acceptors (Lipinski definition) is 3. The van der Waals surface area contributed by atoms with Crippen LogP contribution in [-0.2, 0) is 6.42 Å². The largest absolute Gasteiger partial charge is 0.467 e. The van der Waals surface area contributed by atoms with Gasteiger partial charge < -0.3 is 14.6 Å². The summed E-state index contributed by atoms with van der Waals surface area (Å²) in [5.74, 6) is 0.760. The maximum absolute atomic E-state index is 12.6. The van der Waals surface area contributed by atoms with E-state index >= 15 is 0 Å². The highest BCUT2D eigenvalue weighted by Crippen LogP contribution is 2.35. The number of carbonyl (C=O) groups is 1. The SMILES string of the molecule is O=C(NC[C@@H](c1ccco1)N1CCc2ccccc21)c1ccccc1Br. The summed E-state index contributed by atoms with van der Waals surface area (Å²) in [6, 6.07) is 19.7. The minimum atomic E-state index is -0.0958. The highest BCUT2D eigenvalue weighted by molar-refractivity contribution is 9.10. The van der Waals surface area contributed by atoms with Crippen LogP contribution >= 0.6 is 15.9 Å². The Morgan fingerprint density at radius 1 is 1.12 bits per heavy atom. The Balaban J connectivity index is 1.56. The summed E-state index contributed by atoms with van der Waals surface area (Å²) in [7, 11) is 0. The topological polar surface area (TPSA) is 45.5 Å². The van der Waals surface area contributed by atoms with Crippen LogP contribution in [0, 0.1) is 0 Å². The van der Waals surface area contributed by atoms with Crippen molar-refractivity contribution in [2.24, 2.45) is 0 Å². The Hall–Kier alpha value is -2.53. The molecule has 0 aliphatic carbocycles. The molecule has 0 spiro atoms. The van der Waals surface area contributed by atoms with Crippen LogP contribution in [0.15, 0.2) is 75.8 Å². The summed E-state index contributed by atoms with van der Waals surface area (Å²) in [5, 5.41) is 3.07. The lowest BCUT2D eigenvalue weighted by molar-refractivity contribution is 0.0949. The molecule has 4 nitrogen and oxygen atoms in total. The number of hydrogen-bond donors (Lipinski definition) is 1. The number of fused-ring (bicyclic) bond motifs is 1. The molecular formula is C21H19BrN2O2. The molecular weight excluding hydrogens is 392 g/mol. The molecule has 1 aliphatic heterocycles. The van der Waals surface area contributed by atoms with Crippen molar-refractivity contribution in [3.8, 4) is 0 Å². The molecule has 0 radical (unpaired) electrons. The molecule has 1 aliphatic rings. The first-order valence-electron chi connectivity index (χ1n) is 8.65. The molecule has 0 saturated carbocycles. The molecule has 0 unspecified atom stereocenters. The first kappa shape index (κ1) is 16.9. The summed E-state index contributed by atoms with van der Waals surface area (Å²) < 4.78 is 6.47. The number of benzene rings is 2. The molecule has 26 heavy (non-hydrogen) atoms. The molecule has 1 atom stereocenters. The fourth-order valence-corrected chi connectivity index (χ4v) is 3.93. The van der Waals surface area contributed by atoms with Crippen LogP contribution in [0.25, 0.3) is 0 Å². The van der Waals surface area contributed by atoms with E-state index < -0.39 is 0 Å². The highest BCUT2D eigenvalue weighted by atomic mass is 79.9. The first-order valence-corrected chi connectivity index (χ1v) is 9.44. The molecule has 3 aromatic rings. The molecule has 4 rings (SSSR count). The highest BCUT2D eigenvalue weighted by Gasteiger charge is 2.29. The van der Waals surface area contributed by atoms with Gasteiger partial charge in [0.15, 0.2) is 0 Å². The summed E-state index contributed by atoms with van der Waals surface area (Å²) in [6.07, 6.45) is 2.69. The average molecular weight is 411 g/mol. The van der Waals surface area contributed by atoms with Crippen LogP contribution in [0.5, 0.6) is 0 Å². The zero-order valence-corrected chi connectivity index (χ0v) is 15.8. The third kappa shape index (κ3) is 3.27. The minimum absolute atomic E-state index is 0.0416. The van der Waals surface area contributed by atoms with Gasteiger partial charge >= 0.3 is 0 Å². The third-order valence-corrected chi connectivity index (χ3v) is 5.44. The standard InChI is InChI=1S/C21H19BrN2O2/c22-17-8-3-2-7-16(17)21(25)23-14-19(20-10-5-13-26-20)24-12-11-15-6-1-4-9-18(15)24/h1-10,13,19H,11-12,14H2,(H,23,25)/t19-/m0/s1. The lowest BCUT2D eigenvalue weighted by atomic mass is 10.1. The number of rotatable bonds is 5. The van der Waals surface area contributed by atoms with E-state index in [1.807, 2.05) is 36.4 Å². The molecule has 2 heterocycles. The van der Waals surface area contributed by atoms with Crippen molar-refractivity contribution >= 4 is 27.5 Å². The lowest BCUT2D eigenvalue weighted by Crippen LogP contribution is -2.37. The van der Waals surface area contributed by atoms with E-state index in [9.17, 15) is 4.79 Å². The van der Waals surface area contributed by atoms with E-state index in [0.717, 1.165) is 23.2 Å². The molecule has 1 aromatic heterocycles. The van der Waals surface area contributed by atoms with Crippen LogP contribution < -0.4 is 10.2 Å². The second-order valence-electron chi connectivity index (χ2n) is 6.29.